The number of aryl methyl sites for hydroxylation is 2. The SMILES string of the molecule is CCc1cc(Br)cc(CC)c1NC(=O)C1CCCN(S(=O)(=O)c2cc(Cl)ccc2OC)C1. The third-order valence-corrected chi connectivity index (χ3v) is 8.35. The van der Waals surface area contributed by atoms with Gasteiger partial charge in [0.05, 0.1) is 13.0 Å². The monoisotopic (exact) mass is 542 g/mol. The van der Waals surface area contributed by atoms with Crippen LogP contribution >= 0.6 is 27.5 Å². The zero-order valence-corrected chi connectivity index (χ0v) is 21.6. The third kappa shape index (κ3) is 5.30. The van der Waals surface area contributed by atoms with E-state index in [2.05, 4.69) is 21.2 Å². The van der Waals surface area contributed by atoms with Crippen molar-refractivity contribution in [2.24, 2.45) is 5.92 Å². The molecule has 0 aromatic heterocycles. The molecular formula is C23H28BrClN2O4S. The number of halogens is 2. The molecule has 174 valence electrons. The summed E-state index contributed by atoms with van der Waals surface area (Å²) in [5.74, 6) is -0.368. The fourth-order valence-electron chi connectivity index (χ4n) is 4.03. The molecule has 0 radical (unpaired) electrons. The summed E-state index contributed by atoms with van der Waals surface area (Å²) in [6.07, 6.45) is 2.79. The highest BCUT2D eigenvalue weighted by Gasteiger charge is 2.35. The van der Waals surface area contributed by atoms with Gasteiger partial charge in [0.1, 0.15) is 10.6 Å². The molecule has 0 spiro atoms. The lowest BCUT2D eigenvalue weighted by molar-refractivity contribution is -0.120. The highest BCUT2D eigenvalue weighted by Crippen LogP contribution is 2.33. The van der Waals surface area contributed by atoms with Crippen molar-refractivity contribution in [3.63, 3.8) is 0 Å². The Kier molecular flexibility index (Phi) is 8.25. The Balaban J connectivity index is 1.84. The smallest absolute Gasteiger partial charge is 0.246 e. The minimum atomic E-state index is -3.86. The molecule has 0 bridgehead atoms. The number of nitrogens with zero attached hydrogens (tertiary/aromatic N) is 1. The fraction of sp³-hybridized carbons (Fsp3) is 0.435. The van der Waals surface area contributed by atoms with Gasteiger partial charge in [-0.1, -0.05) is 41.4 Å². The summed E-state index contributed by atoms with van der Waals surface area (Å²) in [6, 6.07) is 8.54. The minimum Gasteiger partial charge on any atom is -0.495 e. The first-order valence-corrected chi connectivity index (χ1v) is 13.3. The van der Waals surface area contributed by atoms with Crippen molar-refractivity contribution in [2.75, 3.05) is 25.5 Å². The van der Waals surface area contributed by atoms with Crippen molar-refractivity contribution in [3.8, 4) is 5.75 Å². The average molecular weight is 544 g/mol. The van der Waals surface area contributed by atoms with Gasteiger partial charge in [-0.15, -0.1) is 0 Å². The maximum absolute atomic E-state index is 13.3. The van der Waals surface area contributed by atoms with Crippen molar-refractivity contribution < 1.29 is 17.9 Å². The lowest BCUT2D eigenvalue weighted by atomic mass is 9.97. The van der Waals surface area contributed by atoms with Crippen LogP contribution in [0.2, 0.25) is 5.02 Å². The second-order valence-corrected chi connectivity index (χ2v) is 11.1. The maximum atomic E-state index is 13.3. The summed E-state index contributed by atoms with van der Waals surface area (Å²) in [7, 11) is -2.44. The summed E-state index contributed by atoms with van der Waals surface area (Å²) < 4.78 is 34.3. The number of methoxy groups -OCH3 is 1. The number of anilines is 1. The zero-order valence-electron chi connectivity index (χ0n) is 18.5. The second kappa shape index (κ2) is 10.5. The molecule has 1 unspecified atom stereocenters. The predicted molar refractivity (Wildman–Crippen MR) is 131 cm³/mol. The number of hydrogen-bond acceptors (Lipinski definition) is 4. The van der Waals surface area contributed by atoms with E-state index in [9.17, 15) is 13.2 Å². The molecule has 1 N–H and O–H groups in total. The van der Waals surface area contributed by atoms with Crippen molar-refractivity contribution in [2.45, 2.75) is 44.4 Å². The van der Waals surface area contributed by atoms with Crippen LogP contribution in [0.1, 0.15) is 37.8 Å². The molecule has 9 heteroatoms. The van der Waals surface area contributed by atoms with Crippen molar-refractivity contribution in [1.29, 1.82) is 0 Å². The topological polar surface area (TPSA) is 75.7 Å². The molecule has 2 aromatic carbocycles. The maximum Gasteiger partial charge on any atom is 0.246 e. The molecule has 1 saturated heterocycles. The largest absolute Gasteiger partial charge is 0.495 e. The van der Waals surface area contributed by atoms with E-state index in [-0.39, 0.29) is 23.1 Å². The molecule has 1 aliphatic rings. The van der Waals surface area contributed by atoms with Gasteiger partial charge in [-0.3, -0.25) is 4.79 Å². The van der Waals surface area contributed by atoms with E-state index < -0.39 is 15.9 Å². The van der Waals surface area contributed by atoms with Crippen LogP contribution in [0.25, 0.3) is 0 Å². The average Bonchev–Trinajstić information content (AvgIpc) is 2.79. The quantitative estimate of drug-likeness (QED) is 0.516. The van der Waals surface area contributed by atoms with Gasteiger partial charge in [0.2, 0.25) is 15.9 Å². The number of carbonyl (C=O) groups is 1. The second-order valence-electron chi connectivity index (χ2n) is 7.79. The van der Waals surface area contributed by atoms with E-state index in [1.54, 1.807) is 6.07 Å². The molecular weight excluding hydrogens is 516 g/mol. The van der Waals surface area contributed by atoms with Crippen molar-refractivity contribution in [1.82, 2.24) is 4.31 Å². The Morgan fingerprint density at radius 2 is 1.88 bits per heavy atom. The number of rotatable bonds is 7. The van der Waals surface area contributed by atoms with Gasteiger partial charge >= 0.3 is 0 Å². The van der Waals surface area contributed by atoms with E-state index in [1.165, 1.54) is 23.5 Å². The molecule has 6 nitrogen and oxygen atoms in total. The standard InChI is InChI=1S/C23H28BrClN2O4S/c1-4-15-11-18(24)12-16(5-2)22(15)26-23(28)17-7-6-10-27(14-17)32(29,30)21-13-19(25)8-9-20(21)31-3/h8-9,11-13,17H,4-7,10,14H2,1-3H3,(H,26,28). The predicted octanol–water partition coefficient (Wildman–Crippen LogP) is 5.28. The summed E-state index contributed by atoms with van der Waals surface area (Å²) in [5.41, 5.74) is 2.93. The van der Waals surface area contributed by atoms with Gasteiger partial charge in [-0.25, -0.2) is 8.42 Å². The Morgan fingerprint density at radius 1 is 1.22 bits per heavy atom. The Hall–Kier alpha value is -1.61. The van der Waals surface area contributed by atoms with Gasteiger partial charge < -0.3 is 10.1 Å². The first kappa shape index (κ1) is 25.0. The fourth-order valence-corrected chi connectivity index (χ4v) is 6.53. The van der Waals surface area contributed by atoms with Crippen LogP contribution in [0.15, 0.2) is 39.7 Å². The number of hydrogen-bond donors (Lipinski definition) is 1. The van der Waals surface area contributed by atoms with Crippen LogP contribution in [-0.4, -0.2) is 38.8 Å². The number of piperidine rings is 1. The zero-order chi connectivity index (χ0) is 23.5. The van der Waals surface area contributed by atoms with Gasteiger partial charge in [0.25, 0.3) is 0 Å². The number of amides is 1. The van der Waals surface area contributed by atoms with Crippen LogP contribution in [-0.2, 0) is 27.7 Å². The highest BCUT2D eigenvalue weighted by atomic mass is 79.9. The molecule has 32 heavy (non-hydrogen) atoms. The Morgan fingerprint density at radius 3 is 2.47 bits per heavy atom. The van der Waals surface area contributed by atoms with Gasteiger partial charge in [0, 0.05) is 28.3 Å². The van der Waals surface area contributed by atoms with E-state index in [0.717, 1.165) is 34.1 Å². The Labute approximate surface area is 203 Å². The highest BCUT2D eigenvalue weighted by molar-refractivity contribution is 9.10. The molecule has 3 rings (SSSR count). The molecule has 1 aliphatic heterocycles. The van der Waals surface area contributed by atoms with Gasteiger partial charge in [-0.2, -0.15) is 4.31 Å². The third-order valence-electron chi connectivity index (χ3n) is 5.77. The van der Waals surface area contributed by atoms with Crippen LogP contribution in [0.4, 0.5) is 5.69 Å². The van der Waals surface area contributed by atoms with Crippen LogP contribution < -0.4 is 10.1 Å². The first-order valence-electron chi connectivity index (χ1n) is 10.7. The lowest BCUT2D eigenvalue weighted by Crippen LogP contribution is -2.43. The number of ether oxygens (including phenoxy) is 1. The van der Waals surface area contributed by atoms with Crippen LogP contribution in [0, 0.1) is 5.92 Å². The molecule has 2 aromatic rings. The molecule has 1 amide bonds. The van der Waals surface area contributed by atoms with Crippen molar-refractivity contribution in [3.05, 3.63) is 51.0 Å². The van der Waals surface area contributed by atoms with Gasteiger partial charge in [0.15, 0.2) is 0 Å². The minimum absolute atomic E-state index is 0.0167. The number of nitrogens with one attached hydrogen (secondary N) is 1. The van der Waals surface area contributed by atoms with E-state index in [0.29, 0.717) is 24.4 Å². The van der Waals surface area contributed by atoms with Gasteiger partial charge in [-0.05, 0) is 67.1 Å². The van der Waals surface area contributed by atoms with Crippen LogP contribution in [0.3, 0.4) is 0 Å². The molecule has 1 atom stereocenters. The molecule has 1 fully saturated rings. The summed E-state index contributed by atoms with van der Waals surface area (Å²) in [5, 5.41) is 3.40. The van der Waals surface area contributed by atoms with Crippen LogP contribution in [0.5, 0.6) is 5.75 Å². The number of sulfonamides is 1. The normalized spacial score (nSPS) is 17.2. The number of carbonyl (C=O) groups excluding carboxylic acids is 1. The Bertz CT molecular complexity index is 1080. The molecule has 0 aliphatic carbocycles. The molecule has 0 saturated carbocycles. The van der Waals surface area contributed by atoms with E-state index in [4.69, 9.17) is 16.3 Å². The van der Waals surface area contributed by atoms with E-state index >= 15 is 0 Å². The summed E-state index contributed by atoms with van der Waals surface area (Å²) >= 11 is 9.58. The summed E-state index contributed by atoms with van der Waals surface area (Å²) in [6.45, 7) is 4.55. The molecule has 1 heterocycles. The van der Waals surface area contributed by atoms with E-state index in [1.807, 2.05) is 26.0 Å². The summed E-state index contributed by atoms with van der Waals surface area (Å²) in [4.78, 5) is 13.2. The number of benzene rings is 2. The lowest BCUT2D eigenvalue weighted by Gasteiger charge is -2.32. The van der Waals surface area contributed by atoms with Crippen molar-refractivity contribution >= 4 is 49.1 Å². The first-order chi connectivity index (χ1) is 15.2.